The van der Waals surface area contributed by atoms with Gasteiger partial charge in [0.15, 0.2) is 0 Å². The van der Waals surface area contributed by atoms with E-state index < -0.39 is 17.7 Å². The Hall–Kier alpha value is -3.15. The first-order valence-electron chi connectivity index (χ1n) is 7.38. The van der Waals surface area contributed by atoms with E-state index in [0.717, 1.165) is 16.0 Å². The van der Waals surface area contributed by atoms with Crippen molar-refractivity contribution in [3.63, 3.8) is 0 Å². The predicted octanol–water partition coefficient (Wildman–Crippen LogP) is 2.40. The van der Waals surface area contributed by atoms with E-state index >= 15 is 0 Å². The van der Waals surface area contributed by atoms with E-state index in [1.807, 2.05) is 19.9 Å². The summed E-state index contributed by atoms with van der Waals surface area (Å²) in [6.45, 7) is 5.00. The van der Waals surface area contributed by atoms with Crippen LogP contribution in [0.25, 0.3) is 0 Å². The largest absolute Gasteiger partial charge is 0.399 e. The summed E-state index contributed by atoms with van der Waals surface area (Å²) in [4.78, 5) is 37.3. The van der Waals surface area contributed by atoms with Crippen molar-refractivity contribution < 1.29 is 14.4 Å². The molecule has 0 heterocycles. The first kappa shape index (κ1) is 17.2. The number of anilines is 3. The minimum atomic E-state index is -0.952. The number of rotatable bonds is 2. The Morgan fingerprint density at radius 2 is 1.50 bits per heavy atom. The van der Waals surface area contributed by atoms with Crippen LogP contribution in [0.3, 0.4) is 0 Å². The first-order valence-corrected chi connectivity index (χ1v) is 7.38. The number of nitrogens with two attached hydrogens (primary N) is 1. The van der Waals surface area contributed by atoms with Gasteiger partial charge in [-0.25, -0.2) is 4.90 Å². The molecule has 0 aromatic heterocycles. The van der Waals surface area contributed by atoms with Crippen molar-refractivity contribution in [2.75, 3.05) is 16.0 Å². The lowest BCUT2D eigenvalue weighted by molar-refractivity contribution is -0.136. The summed E-state index contributed by atoms with van der Waals surface area (Å²) < 4.78 is 0. The molecule has 2 rings (SSSR count). The Morgan fingerprint density at radius 1 is 0.958 bits per heavy atom. The SMILES string of the molecule is CC(=O)N(C(=O)C(=O)Nc1cc(C)cc(C)c1)c1ccc(N)cc1. The van der Waals surface area contributed by atoms with Crippen LogP contribution in [0.4, 0.5) is 17.1 Å². The van der Waals surface area contributed by atoms with Gasteiger partial charge in [-0.05, 0) is 61.4 Å². The number of carbonyl (C=O) groups excluding carboxylic acids is 3. The zero-order chi connectivity index (χ0) is 17.9. The van der Waals surface area contributed by atoms with Gasteiger partial charge in [0.2, 0.25) is 5.91 Å². The molecule has 0 aliphatic carbocycles. The second-order valence-corrected chi connectivity index (χ2v) is 5.58. The maximum Gasteiger partial charge on any atom is 0.323 e. The van der Waals surface area contributed by atoms with Crippen molar-refractivity contribution in [2.24, 2.45) is 0 Å². The van der Waals surface area contributed by atoms with Gasteiger partial charge in [-0.15, -0.1) is 0 Å². The standard InChI is InChI=1S/C18H19N3O3/c1-11-8-12(2)10-15(9-11)20-17(23)18(24)21(13(3)22)16-6-4-14(19)5-7-16/h4-10H,19H2,1-3H3,(H,20,23). The first-order chi connectivity index (χ1) is 11.3. The molecular formula is C18H19N3O3. The van der Waals surface area contributed by atoms with Crippen LogP contribution in [-0.4, -0.2) is 17.7 Å². The number of imide groups is 1. The highest BCUT2D eigenvalue weighted by atomic mass is 16.2. The second-order valence-electron chi connectivity index (χ2n) is 5.58. The van der Waals surface area contributed by atoms with Gasteiger partial charge in [-0.3, -0.25) is 14.4 Å². The third kappa shape index (κ3) is 3.98. The van der Waals surface area contributed by atoms with E-state index in [4.69, 9.17) is 5.73 Å². The zero-order valence-corrected chi connectivity index (χ0v) is 13.8. The lowest BCUT2D eigenvalue weighted by Crippen LogP contribution is -2.42. The molecular weight excluding hydrogens is 306 g/mol. The van der Waals surface area contributed by atoms with Gasteiger partial charge in [-0.2, -0.15) is 0 Å². The smallest absolute Gasteiger partial charge is 0.323 e. The molecule has 0 aliphatic heterocycles. The van der Waals surface area contributed by atoms with Gasteiger partial charge >= 0.3 is 11.8 Å². The van der Waals surface area contributed by atoms with Gasteiger partial charge < -0.3 is 11.1 Å². The number of carbonyl (C=O) groups is 3. The lowest BCUT2D eigenvalue weighted by Gasteiger charge is -2.19. The Morgan fingerprint density at radius 3 is 2.00 bits per heavy atom. The highest BCUT2D eigenvalue weighted by Crippen LogP contribution is 2.18. The fourth-order valence-corrected chi connectivity index (χ4v) is 2.40. The third-order valence-electron chi connectivity index (χ3n) is 3.34. The fraction of sp³-hybridized carbons (Fsp3) is 0.167. The summed E-state index contributed by atoms with van der Waals surface area (Å²) >= 11 is 0. The molecule has 6 heteroatoms. The number of nitrogens with one attached hydrogen (secondary N) is 1. The van der Waals surface area contributed by atoms with E-state index in [-0.39, 0.29) is 5.69 Å². The van der Waals surface area contributed by atoms with E-state index in [1.165, 1.54) is 19.1 Å². The van der Waals surface area contributed by atoms with Crippen molar-refractivity contribution in [1.29, 1.82) is 0 Å². The minimum Gasteiger partial charge on any atom is -0.399 e. The Labute approximate surface area is 140 Å². The van der Waals surface area contributed by atoms with Crippen LogP contribution in [0.2, 0.25) is 0 Å². The zero-order valence-electron chi connectivity index (χ0n) is 13.8. The lowest BCUT2D eigenvalue weighted by atomic mass is 10.1. The van der Waals surface area contributed by atoms with Crippen LogP contribution in [0.1, 0.15) is 18.1 Å². The maximum absolute atomic E-state index is 12.4. The van der Waals surface area contributed by atoms with Crippen LogP contribution >= 0.6 is 0 Å². The number of nitrogens with zero attached hydrogens (tertiary/aromatic N) is 1. The summed E-state index contributed by atoms with van der Waals surface area (Å²) in [5.74, 6) is -2.39. The van der Waals surface area contributed by atoms with Crippen molar-refractivity contribution in [3.05, 3.63) is 53.6 Å². The average Bonchev–Trinajstić information content (AvgIpc) is 2.47. The Kier molecular flexibility index (Phi) is 4.99. The topological polar surface area (TPSA) is 92.5 Å². The van der Waals surface area contributed by atoms with Crippen molar-refractivity contribution in [2.45, 2.75) is 20.8 Å². The fourth-order valence-electron chi connectivity index (χ4n) is 2.40. The van der Waals surface area contributed by atoms with Gasteiger partial charge in [0, 0.05) is 18.3 Å². The van der Waals surface area contributed by atoms with Crippen LogP contribution in [0.5, 0.6) is 0 Å². The van der Waals surface area contributed by atoms with Gasteiger partial charge in [0.25, 0.3) is 0 Å². The van der Waals surface area contributed by atoms with E-state index in [2.05, 4.69) is 5.32 Å². The Balaban J connectivity index is 2.24. The molecule has 0 aliphatic rings. The molecule has 0 fully saturated rings. The van der Waals surface area contributed by atoms with Crippen LogP contribution < -0.4 is 16.0 Å². The monoisotopic (exact) mass is 325 g/mol. The molecule has 0 bridgehead atoms. The van der Waals surface area contributed by atoms with Gasteiger partial charge in [-0.1, -0.05) is 6.07 Å². The van der Waals surface area contributed by atoms with Gasteiger partial charge in [0.05, 0.1) is 5.69 Å². The quantitative estimate of drug-likeness (QED) is 0.655. The summed E-state index contributed by atoms with van der Waals surface area (Å²) in [6, 6.07) is 11.6. The molecule has 0 saturated carbocycles. The summed E-state index contributed by atoms with van der Waals surface area (Å²) in [7, 11) is 0. The number of benzene rings is 2. The minimum absolute atomic E-state index is 0.289. The number of aryl methyl sites for hydroxylation is 2. The van der Waals surface area contributed by atoms with Crippen LogP contribution in [0.15, 0.2) is 42.5 Å². The van der Waals surface area contributed by atoms with Crippen LogP contribution in [0, 0.1) is 13.8 Å². The molecule has 0 atom stereocenters. The number of amides is 3. The average molecular weight is 325 g/mol. The molecule has 0 unspecified atom stereocenters. The Bertz CT molecular complexity index is 777. The predicted molar refractivity (Wildman–Crippen MR) is 93.6 cm³/mol. The molecule has 0 radical (unpaired) electrons. The molecule has 0 saturated heterocycles. The molecule has 2 aromatic carbocycles. The van der Waals surface area contributed by atoms with E-state index in [1.54, 1.807) is 24.3 Å². The van der Waals surface area contributed by atoms with Gasteiger partial charge in [0.1, 0.15) is 0 Å². The van der Waals surface area contributed by atoms with Crippen LogP contribution in [-0.2, 0) is 14.4 Å². The molecule has 6 nitrogen and oxygen atoms in total. The second kappa shape index (κ2) is 6.95. The summed E-state index contributed by atoms with van der Waals surface area (Å²) in [5, 5.41) is 2.53. The highest BCUT2D eigenvalue weighted by molar-refractivity contribution is 6.48. The van der Waals surface area contributed by atoms with Crippen molar-refractivity contribution in [3.8, 4) is 0 Å². The highest BCUT2D eigenvalue weighted by Gasteiger charge is 2.26. The van der Waals surface area contributed by atoms with Crippen molar-refractivity contribution in [1.82, 2.24) is 0 Å². The molecule has 0 spiro atoms. The molecule has 3 amide bonds. The molecule has 3 N–H and O–H groups in total. The van der Waals surface area contributed by atoms with Crippen molar-refractivity contribution >= 4 is 34.8 Å². The van der Waals surface area contributed by atoms with E-state index in [0.29, 0.717) is 11.4 Å². The third-order valence-corrected chi connectivity index (χ3v) is 3.34. The van der Waals surface area contributed by atoms with E-state index in [9.17, 15) is 14.4 Å². The summed E-state index contributed by atoms with van der Waals surface area (Å²) in [5.41, 5.74) is 8.81. The summed E-state index contributed by atoms with van der Waals surface area (Å²) in [6.07, 6.45) is 0. The molecule has 24 heavy (non-hydrogen) atoms. The maximum atomic E-state index is 12.4. The molecule has 2 aromatic rings. The number of nitrogen functional groups attached to an aromatic ring is 1. The molecule has 124 valence electrons. The normalized spacial score (nSPS) is 10.1. The number of hydrogen-bond acceptors (Lipinski definition) is 4. The number of hydrogen-bond donors (Lipinski definition) is 2.